The van der Waals surface area contributed by atoms with Crippen molar-refractivity contribution >= 4 is 5.91 Å². The normalized spacial score (nSPS) is 18.8. The number of nitrogens with one attached hydrogen (secondary N) is 2. The average Bonchev–Trinajstić information content (AvgIpc) is 2.48. The van der Waals surface area contributed by atoms with E-state index >= 15 is 0 Å². The van der Waals surface area contributed by atoms with Crippen LogP contribution in [0.4, 0.5) is 4.39 Å². The molecule has 3 nitrogen and oxygen atoms in total. The molecule has 1 aliphatic heterocycles. The van der Waals surface area contributed by atoms with Crippen LogP contribution in [0.25, 0.3) is 0 Å². The zero-order chi connectivity index (χ0) is 14.2. The Morgan fingerprint density at radius 1 is 1.35 bits per heavy atom. The van der Waals surface area contributed by atoms with E-state index in [9.17, 15) is 9.18 Å². The number of carbonyl (C=O) groups is 1. The van der Waals surface area contributed by atoms with E-state index in [2.05, 4.69) is 10.6 Å². The molecule has 1 fully saturated rings. The monoisotopic (exact) mass is 278 g/mol. The Morgan fingerprint density at radius 3 is 2.85 bits per heavy atom. The second-order valence-electron chi connectivity index (χ2n) is 5.48. The molecule has 0 spiro atoms. The van der Waals surface area contributed by atoms with Crippen LogP contribution >= 0.6 is 0 Å². The lowest BCUT2D eigenvalue weighted by Crippen LogP contribution is -2.33. The maximum atomic E-state index is 12.7. The van der Waals surface area contributed by atoms with Crippen molar-refractivity contribution in [1.29, 1.82) is 0 Å². The maximum absolute atomic E-state index is 12.7. The summed E-state index contributed by atoms with van der Waals surface area (Å²) in [6, 6.07) is 6.33. The van der Waals surface area contributed by atoms with Crippen molar-refractivity contribution in [2.24, 2.45) is 5.92 Å². The van der Waals surface area contributed by atoms with E-state index in [1.165, 1.54) is 25.0 Å². The predicted molar refractivity (Wildman–Crippen MR) is 77.9 cm³/mol. The quantitative estimate of drug-likeness (QED) is 0.838. The van der Waals surface area contributed by atoms with Gasteiger partial charge in [0, 0.05) is 13.0 Å². The van der Waals surface area contributed by atoms with Crippen LogP contribution in [0.15, 0.2) is 24.3 Å². The Hall–Kier alpha value is -1.42. The SMILES string of the molecule is O=C(CCc1ccc(F)cc1)NCC[C@H]1CCCNC1. The van der Waals surface area contributed by atoms with Gasteiger partial charge >= 0.3 is 0 Å². The van der Waals surface area contributed by atoms with Crippen LogP contribution in [0.1, 0.15) is 31.2 Å². The zero-order valence-corrected chi connectivity index (χ0v) is 11.8. The number of hydrogen-bond donors (Lipinski definition) is 2. The van der Waals surface area contributed by atoms with Crippen LogP contribution in [-0.2, 0) is 11.2 Å². The third-order valence-electron chi connectivity index (χ3n) is 3.83. The molecule has 0 radical (unpaired) electrons. The van der Waals surface area contributed by atoms with E-state index in [0.29, 0.717) is 18.8 Å². The molecular weight excluding hydrogens is 255 g/mol. The van der Waals surface area contributed by atoms with Gasteiger partial charge in [0.1, 0.15) is 5.82 Å². The van der Waals surface area contributed by atoms with Crippen molar-refractivity contribution in [2.75, 3.05) is 19.6 Å². The molecule has 20 heavy (non-hydrogen) atoms. The average molecular weight is 278 g/mol. The van der Waals surface area contributed by atoms with Gasteiger partial charge in [0.2, 0.25) is 5.91 Å². The highest BCUT2D eigenvalue weighted by Gasteiger charge is 2.12. The first-order valence-electron chi connectivity index (χ1n) is 7.46. The van der Waals surface area contributed by atoms with Gasteiger partial charge in [0.15, 0.2) is 0 Å². The Labute approximate surface area is 120 Å². The van der Waals surface area contributed by atoms with E-state index in [1.807, 2.05) is 0 Å². The number of piperidine rings is 1. The van der Waals surface area contributed by atoms with Crippen LogP contribution in [0.2, 0.25) is 0 Å². The standard InChI is InChI=1S/C16H23FN2O/c17-15-6-3-13(4-7-15)5-8-16(20)19-11-9-14-2-1-10-18-12-14/h3-4,6-7,14,18H,1-2,5,8-12H2,(H,19,20)/t14-/m1/s1. The molecule has 0 bridgehead atoms. The number of halogens is 1. The molecule has 0 saturated carbocycles. The van der Waals surface area contributed by atoms with Gasteiger partial charge in [0.25, 0.3) is 0 Å². The third kappa shape index (κ3) is 5.29. The first-order valence-corrected chi connectivity index (χ1v) is 7.46. The van der Waals surface area contributed by atoms with Crippen LogP contribution in [0, 0.1) is 11.7 Å². The molecule has 1 atom stereocenters. The summed E-state index contributed by atoms with van der Waals surface area (Å²) >= 11 is 0. The molecule has 4 heteroatoms. The van der Waals surface area contributed by atoms with Gasteiger partial charge in [-0.2, -0.15) is 0 Å². The summed E-state index contributed by atoms with van der Waals surface area (Å²) in [5.41, 5.74) is 0.998. The van der Waals surface area contributed by atoms with Crippen molar-refractivity contribution in [3.05, 3.63) is 35.6 Å². The largest absolute Gasteiger partial charge is 0.356 e. The second-order valence-corrected chi connectivity index (χ2v) is 5.48. The molecule has 1 aromatic rings. The molecule has 1 amide bonds. The Balaban J connectivity index is 1.59. The van der Waals surface area contributed by atoms with E-state index in [0.717, 1.165) is 31.6 Å². The highest BCUT2D eigenvalue weighted by molar-refractivity contribution is 5.76. The Kier molecular flexibility index (Phi) is 5.99. The van der Waals surface area contributed by atoms with Crippen LogP contribution in [0.3, 0.4) is 0 Å². The van der Waals surface area contributed by atoms with Gasteiger partial charge in [-0.25, -0.2) is 4.39 Å². The molecule has 2 rings (SSSR count). The van der Waals surface area contributed by atoms with Gasteiger partial charge in [-0.3, -0.25) is 4.79 Å². The molecule has 0 aromatic heterocycles. The molecule has 1 heterocycles. The number of carbonyl (C=O) groups excluding carboxylic acids is 1. The summed E-state index contributed by atoms with van der Waals surface area (Å²) < 4.78 is 12.7. The number of amides is 1. The fourth-order valence-corrected chi connectivity index (χ4v) is 2.58. The topological polar surface area (TPSA) is 41.1 Å². The van der Waals surface area contributed by atoms with Crippen LogP contribution in [0.5, 0.6) is 0 Å². The molecule has 110 valence electrons. The minimum atomic E-state index is -0.237. The van der Waals surface area contributed by atoms with Crippen molar-refractivity contribution in [1.82, 2.24) is 10.6 Å². The maximum Gasteiger partial charge on any atom is 0.220 e. The number of hydrogen-bond acceptors (Lipinski definition) is 2. The van der Waals surface area contributed by atoms with E-state index in [-0.39, 0.29) is 11.7 Å². The van der Waals surface area contributed by atoms with Gasteiger partial charge in [-0.05, 0) is 62.4 Å². The summed E-state index contributed by atoms with van der Waals surface area (Å²) in [6.07, 6.45) is 4.68. The fraction of sp³-hybridized carbons (Fsp3) is 0.562. The lowest BCUT2D eigenvalue weighted by atomic mass is 9.96. The third-order valence-corrected chi connectivity index (χ3v) is 3.83. The van der Waals surface area contributed by atoms with E-state index < -0.39 is 0 Å². The highest BCUT2D eigenvalue weighted by Crippen LogP contribution is 2.13. The summed E-state index contributed by atoms with van der Waals surface area (Å²) in [5.74, 6) is 0.540. The van der Waals surface area contributed by atoms with Crippen molar-refractivity contribution in [2.45, 2.75) is 32.1 Å². The van der Waals surface area contributed by atoms with Crippen molar-refractivity contribution < 1.29 is 9.18 Å². The highest BCUT2D eigenvalue weighted by atomic mass is 19.1. The van der Waals surface area contributed by atoms with Gasteiger partial charge < -0.3 is 10.6 Å². The lowest BCUT2D eigenvalue weighted by Gasteiger charge is -2.22. The summed E-state index contributed by atoms with van der Waals surface area (Å²) in [6.45, 7) is 2.96. The number of benzene rings is 1. The molecule has 1 aromatic carbocycles. The molecule has 0 unspecified atom stereocenters. The number of rotatable bonds is 6. The summed E-state index contributed by atoms with van der Waals surface area (Å²) in [4.78, 5) is 11.7. The van der Waals surface area contributed by atoms with Crippen molar-refractivity contribution in [3.63, 3.8) is 0 Å². The Bertz CT molecular complexity index is 413. The van der Waals surface area contributed by atoms with Gasteiger partial charge in [-0.15, -0.1) is 0 Å². The first kappa shape index (κ1) is 15.0. The van der Waals surface area contributed by atoms with E-state index in [4.69, 9.17) is 0 Å². The molecule has 1 aliphatic rings. The molecular formula is C16H23FN2O. The summed E-state index contributed by atoms with van der Waals surface area (Å²) in [5, 5.41) is 6.35. The molecule has 1 saturated heterocycles. The second kappa shape index (κ2) is 8.00. The van der Waals surface area contributed by atoms with Crippen molar-refractivity contribution in [3.8, 4) is 0 Å². The minimum absolute atomic E-state index is 0.0816. The van der Waals surface area contributed by atoms with Crippen LogP contribution in [-0.4, -0.2) is 25.5 Å². The van der Waals surface area contributed by atoms with Gasteiger partial charge in [-0.1, -0.05) is 12.1 Å². The Morgan fingerprint density at radius 2 is 2.15 bits per heavy atom. The lowest BCUT2D eigenvalue weighted by molar-refractivity contribution is -0.121. The first-order chi connectivity index (χ1) is 9.74. The smallest absolute Gasteiger partial charge is 0.220 e. The minimum Gasteiger partial charge on any atom is -0.356 e. The molecule has 2 N–H and O–H groups in total. The van der Waals surface area contributed by atoms with Gasteiger partial charge in [0.05, 0.1) is 0 Å². The fourth-order valence-electron chi connectivity index (χ4n) is 2.58. The number of aryl methyl sites for hydroxylation is 1. The summed E-state index contributed by atoms with van der Waals surface area (Å²) in [7, 11) is 0. The molecule has 0 aliphatic carbocycles. The van der Waals surface area contributed by atoms with E-state index in [1.54, 1.807) is 12.1 Å². The predicted octanol–water partition coefficient (Wildman–Crippen LogP) is 2.26. The van der Waals surface area contributed by atoms with Crippen LogP contribution < -0.4 is 10.6 Å². The zero-order valence-electron chi connectivity index (χ0n) is 11.8.